The van der Waals surface area contributed by atoms with Crippen molar-refractivity contribution in [3.05, 3.63) is 18.2 Å². The van der Waals surface area contributed by atoms with Gasteiger partial charge in [-0.3, -0.25) is 4.79 Å². The van der Waals surface area contributed by atoms with Gasteiger partial charge in [-0.25, -0.2) is 4.98 Å². The van der Waals surface area contributed by atoms with Crippen LogP contribution in [0.4, 0.5) is 0 Å². The molecular weight excluding hydrogens is 182 g/mol. The Hall–Kier alpha value is -1.36. The van der Waals surface area contributed by atoms with E-state index >= 15 is 0 Å². The fourth-order valence-electron chi connectivity index (χ4n) is 1.08. The number of carbonyl (C=O) groups is 1. The van der Waals surface area contributed by atoms with Crippen molar-refractivity contribution in [2.24, 2.45) is 5.73 Å². The molecule has 0 aliphatic carbocycles. The van der Waals surface area contributed by atoms with Crippen molar-refractivity contribution in [2.45, 2.75) is 32.4 Å². The van der Waals surface area contributed by atoms with Crippen LogP contribution in [-0.4, -0.2) is 26.7 Å². The van der Waals surface area contributed by atoms with Gasteiger partial charge in [-0.05, 0) is 13.8 Å². The SMILES string of the molecule is CC(C)n1cnc(C[C@H](N)C(=O)O)c1. The lowest BCUT2D eigenvalue weighted by Crippen LogP contribution is -2.32. The van der Waals surface area contributed by atoms with E-state index < -0.39 is 12.0 Å². The first kappa shape index (κ1) is 10.7. The summed E-state index contributed by atoms with van der Waals surface area (Å²) in [6.07, 6.45) is 3.79. The Morgan fingerprint density at radius 1 is 1.71 bits per heavy atom. The van der Waals surface area contributed by atoms with Gasteiger partial charge in [-0.15, -0.1) is 0 Å². The molecule has 78 valence electrons. The molecule has 5 nitrogen and oxygen atoms in total. The van der Waals surface area contributed by atoms with Gasteiger partial charge in [0.05, 0.1) is 12.0 Å². The largest absolute Gasteiger partial charge is 0.480 e. The van der Waals surface area contributed by atoms with E-state index in [1.807, 2.05) is 24.6 Å². The number of hydrogen-bond acceptors (Lipinski definition) is 3. The number of aromatic nitrogens is 2. The molecule has 0 aliphatic heterocycles. The number of hydrogen-bond donors (Lipinski definition) is 2. The number of nitrogens with two attached hydrogens (primary N) is 1. The van der Waals surface area contributed by atoms with Crippen LogP contribution in [0.5, 0.6) is 0 Å². The van der Waals surface area contributed by atoms with E-state index in [0.29, 0.717) is 11.7 Å². The summed E-state index contributed by atoms with van der Waals surface area (Å²) in [5.74, 6) is -0.996. The molecule has 14 heavy (non-hydrogen) atoms. The molecule has 0 spiro atoms. The Balaban J connectivity index is 2.64. The van der Waals surface area contributed by atoms with Crippen molar-refractivity contribution in [1.29, 1.82) is 0 Å². The van der Waals surface area contributed by atoms with Crippen molar-refractivity contribution in [3.63, 3.8) is 0 Å². The third-order valence-corrected chi connectivity index (χ3v) is 2.00. The zero-order valence-electron chi connectivity index (χ0n) is 8.34. The second kappa shape index (κ2) is 4.23. The van der Waals surface area contributed by atoms with Gasteiger partial charge < -0.3 is 15.4 Å². The highest BCUT2D eigenvalue weighted by Crippen LogP contribution is 2.06. The Morgan fingerprint density at radius 2 is 2.36 bits per heavy atom. The number of carboxylic acid groups (broad SMARTS) is 1. The number of rotatable bonds is 4. The van der Waals surface area contributed by atoms with Gasteiger partial charge in [0.2, 0.25) is 0 Å². The Labute approximate surface area is 82.6 Å². The topological polar surface area (TPSA) is 81.1 Å². The molecule has 1 aromatic heterocycles. The Kier molecular flexibility index (Phi) is 3.24. The van der Waals surface area contributed by atoms with Gasteiger partial charge in [-0.1, -0.05) is 0 Å². The summed E-state index contributed by atoms with van der Waals surface area (Å²) in [6, 6.07) is -0.539. The molecule has 1 aromatic rings. The first-order chi connectivity index (χ1) is 6.50. The van der Waals surface area contributed by atoms with Crippen molar-refractivity contribution >= 4 is 5.97 Å². The standard InChI is InChI=1S/C9H15N3O2/c1-6(2)12-4-7(11-5-12)3-8(10)9(13)14/h4-6,8H,3,10H2,1-2H3,(H,13,14)/t8-/m0/s1. The molecular formula is C9H15N3O2. The number of carboxylic acids is 1. The molecule has 3 N–H and O–H groups in total. The van der Waals surface area contributed by atoms with E-state index in [4.69, 9.17) is 10.8 Å². The fourth-order valence-corrected chi connectivity index (χ4v) is 1.08. The first-order valence-corrected chi connectivity index (χ1v) is 4.51. The van der Waals surface area contributed by atoms with Gasteiger partial charge in [0, 0.05) is 18.7 Å². The molecule has 0 aliphatic rings. The second-order valence-electron chi connectivity index (χ2n) is 3.55. The van der Waals surface area contributed by atoms with Crippen LogP contribution in [0.2, 0.25) is 0 Å². The first-order valence-electron chi connectivity index (χ1n) is 4.51. The summed E-state index contributed by atoms with van der Waals surface area (Å²) in [5, 5.41) is 8.60. The fraction of sp³-hybridized carbons (Fsp3) is 0.556. The minimum atomic E-state index is -0.996. The molecule has 0 saturated heterocycles. The average Bonchev–Trinajstić information content (AvgIpc) is 2.52. The smallest absolute Gasteiger partial charge is 0.320 e. The van der Waals surface area contributed by atoms with E-state index in [1.165, 1.54) is 0 Å². The van der Waals surface area contributed by atoms with Crippen molar-refractivity contribution < 1.29 is 9.90 Å². The lowest BCUT2D eigenvalue weighted by molar-refractivity contribution is -0.138. The van der Waals surface area contributed by atoms with Crippen LogP contribution < -0.4 is 5.73 Å². The van der Waals surface area contributed by atoms with E-state index in [1.54, 1.807) is 6.33 Å². The summed E-state index contributed by atoms with van der Waals surface area (Å²) < 4.78 is 1.92. The van der Waals surface area contributed by atoms with Crippen LogP contribution in [0.15, 0.2) is 12.5 Å². The maximum Gasteiger partial charge on any atom is 0.320 e. The van der Waals surface area contributed by atoms with Crippen LogP contribution in [-0.2, 0) is 11.2 Å². The zero-order chi connectivity index (χ0) is 10.7. The highest BCUT2D eigenvalue weighted by atomic mass is 16.4. The number of imidazole rings is 1. The highest BCUT2D eigenvalue weighted by Gasteiger charge is 2.13. The Bertz CT molecular complexity index is 320. The number of nitrogens with zero attached hydrogens (tertiary/aromatic N) is 2. The van der Waals surface area contributed by atoms with Crippen molar-refractivity contribution in [3.8, 4) is 0 Å². The summed E-state index contributed by atoms with van der Waals surface area (Å²) in [4.78, 5) is 14.6. The third kappa shape index (κ3) is 2.56. The van der Waals surface area contributed by atoms with E-state index in [0.717, 1.165) is 0 Å². The van der Waals surface area contributed by atoms with E-state index in [2.05, 4.69) is 4.98 Å². The van der Waals surface area contributed by atoms with Crippen LogP contribution in [0.3, 0.4) is 0 Å². The molecule has 0 bridgehead atoms. The molecule has 0 saturated carbocycles. The van der Waals surface area contributed by atoms with Gasteiger partial charge in [0.15, 0.2) is 0 Å². The van der Waals surface area contributed by atoms with Gasteiger partial charge in [-0.2, -0.15) is 0 Å². The quantitative estimate of drug-likeness (QED) is 0.732. The summed E-state index contributed by atoms with van der Waals surface area (Å²) in [5.41, 5.74) is 6.10. The highest BCUT2D eigenvalue weighted by molar-refractivity contribution is 5.73. The van der Waals surface area contributed by atoms with E-state index in [-0.39, 0.29) is 6.42 Å². The minimum absolute atomic E-state index is 0.273. The normalized spacial score (nSPS) is 13.1. The van der Waals surface area contributed by atoms with Crippen LogP contribution in [0, 0.1) is 0 Å². The third-order valence-electron chi connectivity index (χ3n) is 2.00. The molecule has 0 fully saturated rings. The molecule has 0 aromatic carbocycles. The van der Waals surface area contributed by atoms with Gasteiger partial charge in [0.25, 0.3) is 0 Å². The molecule has 0 unspecified atom stereocenters. The summed E-state index contributed by atoms with van der Waals surface area (Å²) >= 11 is 0. The van der Waals surface area contributed by atoms with Crippen molar-refractivity contribution in [2.75, 3.05) is 0 Å². The zero-order valence-corrected chi connectivity index (χ0v) is 8.34. The maximum absolute atomic E-state index is 10.5. The lowest BCUT2D eigenvalue weighted by Gasteiger charge is -2.05. The van der Waals surface area contributed by atoms with Crippen LogP contribution in [0.1, 0.15) is 25.6 Å². The van der Waals surface area contributed by atoms with Gasteiger partial charge in [0.1, 0.15) is 6.04 Å². The maximum atomic E-state index is 10.5. The summed E-state index contributed by atoms with van der Waals surface area (Å²) in [6.45, 7) is 4.06. The molecule has 5 heteroatoms. The number of aliphatic carboxylic acids is 1. The molecule has 1 heterocycles. The second-order valence-corrected chi connectivity index (χ2v) is 3.55. The molecule has 1 rings (SSSR count). The molecule has 0 amide bonds. The van der Waals surface area contributed by atoms with Gasteiger partial charge >= 0.3 is 5.97 Å². The molecule has 0 radical (unpaired) electrons. The average molecular weight is 197 g/mol. The lowest BCUT2D eigenvalue weighted by atomic mass is 10.2. The van der Waals surface area contributed by atoms with Crippen molar-refractivity contribution in [1.82, 2.24) is 9.55 Å². The monoisotopic (exact) mass is 197 g/mol. The molecule has 1 atom stereocenters. The predicted molar refractivity (Wildman–Crippen MR) is 51.9 cm³/mol. The predicted octanol–water partition coefficient (Wildman–Crippen LogP) is 0.418. The van der Waals surface area contributed by atoms with Crippen LogP contribution >= 0.6 is 0 Å². The summed E-state index contributed by atoms with van der Waals surface area (Å²) in [7, 11) is 0. The van der Waals surface area contributed by atoms with E-state index in [9.17, 15) is 4.79 Å². The minimum Gasteiger partial charge on any atom is -0.480 e. The Morgan fingerprint density at radius 3 is 2.79 bits per heavy atom. The van der Waals surface area contributed by atoms with Crippen LogP contribution in [0.25, 0.3) is 0 Å².